The minimum absolute atomic E-state index is 0.0482. The molecule has 2 heterocycles. The van der Waals surface area contributed by atoms with E-state index in [-0.39, 0.29) is 18.0 Å². The van der Waals surface area contributed by atoms with Crippen molar-refractivity contribution in [3.8, 4) is 0 Å². The normalized spacial score (nSPS) is 18.2. The van der Waals surface area contributed by atoms with Crippen LogP contribution in [-0.2, 0) is 9.53 Å². The molecule has 5 nitrogen and oxygen atoms in total. The van der Waals surface area contributed by atoms with Crippen LogP contribution in [0, 0.1) is 6.92 Å². The van der Waals surface area contributed by atoms with E-state index in [0.717, 1.165) is 36.8 Å². The molecule has 2 rings (SSSR count). The molecule has 2 N–H and O–H groups in total. The van der Waals surface area contributed by atoms with Crippen LogP contribution in [0.25, 0.3) is 0 Å². The second-order valence-electron chi connectivity index (χ2n) is 4.88. The van der Waals surface area contributed by atoms with Crippen molar-refractivity contribution in [3.05, 3.63) is 16.1 Å². The molecule has 19 heavy (non-hydrogen) atoms. The van der Waals surface area contributed by atoms with Gasteiger partial charge in [0.05, 0.1) is 12.6 Å². The summed E-state index contributed by atoms with van der Waals surface area (Å²) in [5.74, 6) is 0.0482. The molecular formula is C13H21N3O2S. The van der Waals surface area contributed by atoms with Crippen LogP contribution in [-0.4, -0.2) is 36.7 Å². The van der Waals surface area contributed by atoms with Gasteiger partial charge in [-0.3, -0.25) is 10.1 Å². The maximum atomic E-state index is 11.8. The van der Waals surface area contributed by atoms with Crippen LogP contribution >= 0.6 is 11.3 Å². The van der Waals surface area contributed by atoms with Crippen LogP contribution in [0.15, 0.2) is 5.38 Å². The van der Waals surface area contributed by atoms with Gasteiger partial charge in [-0.25, -0.2) is 4.98 Å². The Bertz CT molecular complexity index is 416. The first kappa shape index (κ1) is 14.4. The first-order valence-corrected chi connectivity index (χ1v) is 7.55. The molecule has 1 fully saturated rings. The van der Waals surface area contributed by atoms with E-state index in [1.54, 1.807) is 11.3 Å². The minimum atomic E-state index is 0.0482. The molecular weight excluding hydrogens is 262 g/mol. The van der Waals surface area contributed by atoms with Crippen LogP contribution in [0.2, 0.25) is 0 Å². The Morgan fingerprint density at radius 1 is 1.58 bits per heavy atom. The van der Waals surface area contributed by atoms with E-state index in [4.69, 9.17) is 4.74 Å². The summed E-state index contributed by atoms with van der Waals surface area (Å²) in [5, 5.41) is 9.29. The third kappa shape index (κ3) is 4.56. The average Bonchev–Trinajstić information content (AvgIpc) is 2.84. The van der Waals surface area contributed by atoms with E-state index >= 15 is 0 Å². The van der Waals surface area contributed by atoms with Gasteiger partial charge in [-0.1, -0.05) is 0 Å². The van der Waals surface area contributed by atoms with Crippen LogP contribution in [0.5, 0.6) is 0 Å². The van der Waals surface area contributed by atoms with E-state index in [1.807, 2.05) is 19.2 Å². The third-order valence-electron chi connectivity index (χ3n) is 3.16. The molecule has 0 aliphatic carbocycles. The molecule has 1 aromatic rings. The lowest BCUT2D eigenvalue weighted by atomic mass is 10.1. The van der Waals surface area contributed by atoms with E-state index in [0.29, 0.717) is 6.54 Å². The summed E-state index contributed by atoms with van der Waals surface area (Å²) in [6.45, 7) is 5.82. The molecule has 0 aromatic carbocycles. The number of ether oxygens (including phenoxy) is 1. The quantitative estimate of drug-likeness (QED) is 0.857. The second-order valence-corrected chi connectivity index (χ2v) is 5.77. The van der Waals surface area contributed by atoms with Gasteiger partial charge >= 0.3 is 0 Å². The highest BCUT2D eigenvalue weighted by Crippen LogP contribution is 2.16. The van der Waals surface area contributed by atoms with Crippen molar-refractivity contribution in [1.82, 2.24) is 15.6 Å². The number of rotatable bonds is 5. The number of thiazole rings is 1. The molecule has 0 saturated carbocycles. The Balaban J connectivity index is 1.70. The number of hydrogen-bond acceptors (Lipinski definition) is 5. The molecule has 1 aliphatic heterocycles. The molecule has 1 unspecified atom stereocenters. The monoisotopic (exact) mass is 283 g/mol. The van der Waals surface area contributed by atoms with Crippen molar-refractivity contribution in [1.29, 1.82) is 0 Å². The van der Waals surface area contributed by atoms with Gasteiger partial charge in [0.25, 0.3) is 0 Å². The Labute approximate surface area is 117 Å². The first-order valence-electron chi connectivity index (χ1n) is 6.67. The number of nitrogens with zero attached hydrogens (tertiary/aromatic N) is 1. The van der Waals surface area contributed by atoms with Crippen molar-refractivity contribution in [2.24, 2.45) is 0 Å². The molecule has 1 aromatic heterocycles. The van der Waals surface area contributed by atoms with Gasteiger partial charge in [0.1, 0.15) is 5.01 Å². The molecule has 0 bridgehead atoms. The largest absolute Gasteiger partial charge is 0.381 e. The summed E-state index contributed by atoms with van der Waals surface area (Å²) in [6.07, 6.45) is 1.82. The summed E-state index contributed by atoms with van der Waals surface area (Å²) in [7, 11) is 0. The second kappa shape index (κ2) is 6.98. The van der Waals surface area contributed by atoms with E-state index < -0.39 is 0 Å². The van der Waals surface area contributed by atoms with Gasteiger partial charge < -0.3 is 10.1 Å². The zero-order chi connectivity index (χ0) is 13.7. The molecule has 1 saturated heterocycles. The molecule has 0 spiro atoms. The van der Waals surface area contributed by atoms with Crippen LogP contribution < -0.4 is 10.6 Å². The maximum Gasteiger partial charge on any atom is 0.234 e. The Hall–Kier alpha value is -0.980. The number of carbonyl (C=O) groups excluding carboxylic acids is 1. The lowest BCUT2D eigenvalue weighted by Crippen LogP contribution is -2.43. The van der Waals surface area contributed by atoms with Crippen molar-refractivity contribution >= 4 is 17.2 Å². The van der Waals surface area contributed by atoms with Gasteiger partial charge in [-0.2, -0.15) is 0 Å². The van der Waals surface area contributed by atoms with Crippen molar-refractivity contribution in [2.75, 3.05) is 19.8 Å². The van der Waals surface area contributed by atoms with Gasteiger partial charge in [0, 0.05) is 30.3 Å². The standard InChI is InChI=1S/C13H21N3O2S/c1-9-8-19-13(15-9)10(2)14-7-12(17)16-11-3-5-18-6-4-11/h8,10-11,14H,3-7H2,1-2H3,(H,16,17). The Morgan fingerprint density at radius 3 is 2.95 bits per heavy atom. The summed E-state index contributed by atoms with van der Waals surface area (Å²) >= 11 is 1.62. The van der Waals surface area contributed by atoms with E-state index in [2.05, 4.69) is 15.6 Å². The molecule has 6 heteroatoms. The number of nitrogens with one attached hydrogen (secondary N) is 2. The lowest BCUT2D eigenvalue weighted by Gasteiger charge is -2.23. The average molecular weight is 283 g/mol. The maximum absolute atomic E-state index is 11.8. The number of aromatic nitrogens is 1. The van der Waals surface area contributed by atoms with Gasteiger partial charge in [0.2, 0.25) is 5.91 Å². The predicted octanol–water partition coefficient (Wildman–Crippen LogP) is 1.40. The summed E-state index contributed by atoms with van der Waals surface area (Å²) in [6, 6.07) is 0.375. The van der Waals surface area contributed by atoms with Crippen molar-refractivity contribution < 1.29 is 9.53 Å². The highest BCUT2D eigenvalue weighted by Gasteiger charge is 2.16. The topological polar surface area (TPSA) is 63.2 Å². The fourth-order valence-electron chi connectivity index (χ4n) is 2.02. The zero-order valence-corrected chi connectivity index (χ0v) is 12.3. The Morgan fingerprint density at radius 2 is 2.32 bits per heavy atom. The first-order chi connectivity index (χ1) is 9.15. The highest BCUT2D eigenvalue weighted by atomic mass is 32.1. The smallest absolute Gasteiger partial charge is 0.234 e. The molecule has 1 atom stereocenters. The number of aryl methyl sites for hydroxylation is 1. The van der Waals surface area contributed by atoms with E-state index in [1.165, 1.54) is 0 Å². The van der Waals surface area contributed by atoms with Crippen molar-refractivity contribution in [2.45, 2.75) is 38.8 Å². The van der Waals surface area contributed by atoms with E-state index in [9.17, 15) is 4.79 Å². The SMILES string of the molecule is Cc1csc(C(C)NCC(=O)NC2CCOCC2)n1. The number of hydrogen-bond donors (Lipinski definition) is 2. The highest BCUT2D eigenvalue weighted by molar-refractivity contribution is 7.09. The summed E-state index contributed by atoms with van der Waals surface area (Å²) in [5.41, 5.74) is 1.03. The molecule has 106 valence electrons. The molecule has 1 amide bonds. The van der Waals surface area contributed by atoms with Gasteiger partial charge in [0.15, 0.2) is 0 Å². The Kier molecular flexibility index (Phi) is 5.30. The summed E-state index contributed by atoms with van der Waals surface area (Å²) in [4.78, 5) is 16.2. The minimum Gasteiger partial charge on any atom is -0.381 e. The van der Waals surface area contributed by atoms with Crippen LogP contribution in [0.4, 0.5) is 0 Å². The van der Waals surface area contributed by atoms with Crippen molar-refractivity contribution in [3.63, 3.8) is 0 Å². The van der Waals surface area contributed by atoms with Crippen LogP contribution in [0.1, 0.15) is 36.5 Å². The number of carbonyl (C=O) groups is 1. The van der Waals surface area contributed by atoms with Gasteiger partial charge in [-0.15, -0.1) is 11.3 Å². The molecule has 1 aliphatic rings. The molecule has 0 radical (unpaired) electrons. The zero-order valence-electron chi connectivity index (χ0n) is 11.4. The third-order valence-corrected chi connectivity index (χ3v) is 4.31. The fraction of sp³-hybridized carbons (Fsp3) is 0.692. The van der Waals surface area contributed by atoms with Crippen LogP contribution in [0.3, 0.4) is 0 Å². The fourth-order valence-corrected chi connectivity index (χ4v) is 2.85. The van der Waals surface area contributed by atoms with Gasteiger partial charge in [-0.05, 0) is 26.7 Å². The summed E-state index contributed by atoms with van der Waals surface area (Å²) < 4.78 is 5.27. The predicted molar refractivity (Wildman–Crippen MR) is 75.3 cm³/mol. The number of amides is 1. The lowest BCUT2D eigenvalue weighted by molar-refractivity contribution is -0.121.